The van der Waals surface area contributed by atoms with Gasteiger partial charge in [-0.3, -0.25) is 4.79 Å². The predicted octanol–water partition coefficient (Wildman–Crippen LogP) is 2.88. The van der Waals surface area contributed by atoms with Crippen LogP contribution in [0.25, 0.3) is 0 Å². The van der Waals surface area contributed by atoms with Crippen LogP contribution in [-0.4, -0.2) is 25.7 Å². The van der Waals surface area contributed by atoms with Crippen molar-refractivity contribution in [1.82, 2.24) is 0 Å². The van der Waals surface area contributed by atoms with E-state index >= 15 is 0 Å². The highest BCUT2D eigenvalue weighted by atomic mass is 35.5. The van der Waals surface area contributed by atoms with E-state index in [9.17, 15) is 17.6 Å². The van der Waals surface area contributed by atoms with E-state index in [1.54, 1.807) is 6.92 Å². The first-order chi connectivity index (χ1) is 8.35. The SMILES string of the molecule is CCS(=O)(=O)CCCC(=O)c1ccc(Cl)c(F)c1. The molecular formula is C12H14ClFO3S. The van der Waals surface area contributed by atoms with Crippen LogP contribution in [0.2, 0.25) is 5.02 Å². The summed E-state index contributed by atoms with van der Waals surface area (Å²) in [5.41, 5.74) is 0.214. The number of Topliss-reactive ketones (excluding diaryl/α,β-unsaturated/α-hetero) is 1. The smallest absolute Gasteiger partial charge is 0.163 e. The van der Waals surface area contributed by atoms with E-state index in [-0.39, 0.29) is 40.7 Å². The minimum Gasteiger partial charge on any atom is -0.294 e. The number of benzene rings is 1. The molecule has 18 heavy (non-hydrogen) atoms. The number of ketones is 1. The fraction of sp³-hybridized carbons (Fsp3) is 0.417. The number of hydrogen-bond acceptors (Lipinski definition) is 3. The van der Waals surface area contributed by atoms with Crippen LogP contribution in [0.4, 0.5) is 4.39 Å². The van der Waals surface area contributed by atoms with Crippen molar-refractivity contribution in [3.05, 3.63) is 34.6 Å². The van der Waals surface area contributed by atoms with E-state index in [4.69, 9.17) is 11.6 Å². The molecule has 0 bridgehead atoms. The molecule has 0 aliphatic rings. The lowest BCUT2D eigenvalue weighted by atomic mass is 10.1. The van der Waals surface area contributed by atoms with Crippen molar-refractivity contribution < 1.29 is 17.6 Å². The summed E-state index contributed by atoms with van der Waals surface area (Å²) in [5, 5.41) is -0.0416. The Morgan fingerprint density at radius 3 is 2.61 bits per heavy atom. The van der Waals surface area contributed by atoms with Crippen molar-refractivity contribution in [2.45, 2.75) is 19.8 Å². The van der Waals surface area contributed by atoms with Crippen LogP contribution in [0.1, 0.15) is 30.1 Å². The fourth-order valence-electron chi connectivity index (χ4n) is 1.41. The Kier molecular flexibility index (Phi) is 5.28. The largest absolute Gasteiger partial charge is 0.294 e. The minimum absolute atomic E-state index is 0.0225. The summed E-state index contributed by atoms with van der Waals surface area (Å²) in [7, 11) is -3.06. The van der Waals surface area contributed by atoms with Crippen molar-refractivity contribution >= 4 is 27.2 Å². The topological polar surface area (TPSA) is 51.2 Å². The Bertz CT molecular complexity index is 540. The third-order valence-electron chi connectivity index (χ3n) is 2.54. The van der Waals surface area contributed by atoms with Gasteiger partial charge in [-0.1, -0.05) is 18.5 Å². The van der Waals surface area contributed by atoms with Gasteiger partial charge in [-0.15, -0.1) is 0 Å². The van der Waals surface area contributed by atoms with Gasteiger partial charge in [0.25, 0.3) is 0 Å². The number of rotatable bonds is 6. The van der Waals surface area contributed by atoms with Crippen LogP contribution in [0.15, 0.2) is 18.2 Å². The average Bonchev–Trinajstić information content (AvgIpc) is 2.32. The van der Waals surface area contributed by atoms with Crippen LogP contribution < -0.4 is 0 Å². The molecule has 1 aromatic carbocycles. The highest BCUT2D eigenvalue weighted by Crippen LogP contribution is 2.17. The van der Waals surface area contributed by atoms with E-state index in [0.717, 1.165) is 6.07 Å². The summed E-state index contributed by atoms with van der Waals surface area (Å²) in [5.74, 6) is -0.886. The molecule has 0 aliphatic heterocycles. The van der Waals surface area contributed by atoms with Crippen molar-refractivity contribution in [1.29, 1.82) is 0 Å². The summed E-state index contributed by atoms with van der Waals surface area (Å²) in [6.07, 6.45) is 0.333. The van der Waals surface area contributed by atoms with Crippen LogP contribution in [0.3, 0.4) is 0 Å². The quantitative estimate of drug-likeness (QED) is 0.758. The molecule has 0 N–H and O–H groups in total. The Morgan fingerprint density at radius 2 is 2.06 bits per heavy atom. The second-order valence-corrected chi connectivity index (χ2v) is 6.77. The molecule has 0 saturated carbocycles. The van der Waals surface area contributed by atoms with E-state index in [1.807, 2.05) is 0 Å². The molecule has 6 heteroatoms. The van der Waals surface area contributed by atoms with Crippen LogP contribution >= 0.6 is 11.6 Å². The molecule has 0 spiro atoms. The van der Waals surface area contributed by atoms with Gasteiger partial charge in [-0.25, -0.2) is 12.8 Å². The summed E-state index contributed by atoms with van der Waals surface area (Å²) >= 11 is 5.50. The van der Waals surface area contributed by atoms with Crippen LogP contribution in [0, 0.1) is 5.82 Å². The van der Waals surface area contributed by atoms with Gasteiger partial charge in [0.15, 0.2) is 5.78 Å². The lowest BCUT2D eigenvalue weighted by Gasteiger charge is -2.03. The van der Waals surface area contributed by atoms with Crippen LogP contribution in [0.5, 0.6) is 0 Å². The molecule has 1 rings (SSSR count). The molecule has 0 saturated heterocycles. The van der Waals surface area contributed by atoms with Gasteiger partial charge in [-0.2, -0.15) is 0 Å². The van der Waals surface area contributed by atoms with Crippen molar-refractivity contribution in [3.8, 4) is 0 Å². The molecule has 0 radical (unpaired) electrons. The second kappa shape index (κ2) is 6.29. The van der Waals surface area contributed by atoms with E-state index in [1.165, 1.54) is 12.1 Å². The zero-order valence-electron chi connectivity index (χ0n) is 9.95. The maximum absolute atomic E-state index is 13.1. The molecule has 0 fully saturated rings. The van der Waals surface area contributed by atoms with Gasteiger partial charge in [0, 0.05) is 17.7 Å². The first kappa shape index (κ1) is 15.1. The maximum Gasteiger partial charge on any atom is 0.163 e. The molecule has 0 aliphatic carbocycles. The van der Waals surface area contributed by atoms with Gasteiger partial charge in [0.2, 0.25) is 0 Å². The highest BCUT2D eigenvalue weighted by Gasteiger charge is 2.12. The normalized spacial score (nSPS) is 11.5. The van der Waals surface area contributed by atoms with Crippen molar-refractivity contribution in [2.75, 3.05) is 11.5 Å². The molecule has 0 heterocycles. The lowest BCUT2D eigenvalue weighted by molar-refractivity contribution is 0.0981. The second-order valence-electron chi connectivity index (χ2n) is 3.89. The number of hydrogen-bond donors (Lipinski definition) is 0. The number of carbonyl (C=O) groups is 1. The summed E-state index contributed by atoms with van der Waals surface area (Å²) in [4.78, 5) is 11.7. The van der Waals surface area contributed by atoms with Gasteiger partial charge in [-0.05, 0) is 24.6 Å². The van der Waals surface area contributed by atoms with Gasteiger partial charge >= 0.3 is 0 Å². The van der Waals surface area contributed by atoms with Gasteiger partial charge in [0.1, 0.15) is 15.7 Å². The maximum atomic E-state index is 13.1. The highest BCUT2D eigenvalue weighted by molar-refractivity contribution is 7.91. The monoisotopic (exact) mass is 292 g/mol. The third kappa shape index (κ3) is 4.38. The first-order valence-electron chi connectivity index (χ1n) is 5.54. The summed E-state index contributed by atoms with van der Waals surface area (Å²) in [6, 6.07) is 3.81. The zero-order valence-corrected chi connectivity index (χ0v) is 11.5. The number of halogens is 2. The Labute approximate surface area is 111 Å². The molecule has 0 unspecified atom stereocenters. The van der Waals surface area contributed by atoms with E-state index < -0.39 is 15.7 Å². The Hall–Kier alpha value is -0.940. The number of carbonyl (C=O) groups excluding carboxylic acids is 1. The van der Waals surface area contributed by atoms with Gasteiger partial charge in [0.05, 0.1) is 10.8 Å². The molecule has 3 nitrogen and oxygen atoms in total. The third-order valence-corrected chi connectivity index (χ3v) is 4.64. The van der Waals surface area contributed by atoms with Gasteiger partial charge < -0.3 is 0 Å². The molecular weight excluding hydrogens is 279 g/mol. The molecule has 0 atom stereocenters. The first-order valence-corrected chi connectivity index (χ1v) is 7.74. The lowest BCUT2D eigenvalue weighted by Crippen LogP contribution is -2.10. The number of sulfone groups is 1. The van der Waals surface area contributed by atoms with E-state index in [0.29, 0.717) is 0 Å². The summed E-state index contributed by atoms with van der Waals surface area (Å²) in [6.45, 7) is 1.56. The van der Waals surface area contributed by atoms with Crippen molar-refractivity contribution in [2.24, 2.45) is 0 Å². The minimum atomic E-state index is -3.06. The fourth-order valence-corrected chi connectivity index (χ4v) is 2.40. The average molecular weight is 293 g/mol. The van der Waals surface area contributed by atoms with E-state index in [2.05, 4.69) is 0 Å². The molecule has 0 amide bonds. The molecule has 0 aromatic heterocycles. The molecule has 100 valence electrons. The van der Waals surface area contributed by atoms with Crippen molar-refractivity contribution in [3.63, 3.8) is 0 Å². The Morgan fingerprint density at radius 1 is 1.39 bits per heavy atom. The Balaban J connectivity index is 2.58. The standard InChI is InChI=1S/C12H14ClFO3S/c1-2-18(16,17)7-3-4-12(15)9-5-6-10(13)11(14)8-9/h5-6,8H,2-4,7H2,1H3. The molecule has 1 aromatic rings. The predicted molar refractivity (Wildman–Crippen MR) is 69.3 cm³/mol. The zero-order chi connectivity index (χ0) is 13.8. The van der Waals surface area contributed by atoms with Crippen LogP contribution in [-0.2, 0) is 9.84 Å². The summed E-state index contributed by atoms with van der Waals surface area (Å²) < 4.78 is 35.6.